The highest BCUT2D eigenvalue weighted by Gasteiger charge is 2.23. The first-order chi connectivity index (χ1) is 15.2. The molecule has 0 bridgehead atoms. The third kappa shape index (κ3) is 5.02. The molecule has 1 aliphatic carbocycles. The summed E-state index contributed by atoms with van der Waals surface area (Å²) in [7, 11) is 1.63. The monoisotopic (exact) mass is 423 g/mol. The van der Waals surface area contributed by atoms with Gasteiger partial charge in [-0.1, -0.05) is 55.7 Å². The van der Waals surface area contributed by atoms with E-state index in [2.05, 4.69) is 34.1 Å². The first kappa shape index (κ1) is 21.7. The molecule has 4 rings (SSSR count). The Morgan fingerprint density at radius 3 is 2.32 bits per heavy atom. The van der Waals surface area contributed by atoms with Gasteiger partial charge in [-0.15, -0.1) is 0 Å². The number of rotatable bonds is 8. The third-order valence-electron chi connectivity index (χ3n) is 6.29. The molecular weight excluding hydrogens is 390 g/mol. The predicted molar refractivity (Wildman–Crippen MR) is 124 cm³/mol. The van der Waals surface area contributed by atoms with Crippen LogP contribution in [-0.4, -0.2) is 59.6 Å². The molecule has 0 saturated heterocycles. The smallest absolute Gasteiger partial charge is 0.317 e. The lowest BCUT2D eigenvalue weighted by molar-refractivity contribution is 0.0907. The molecule has 0 unspecified atom stereocenters. The van der Waals surface area contributed by atoms with Crippen molar-refractivity contribution in [1.29, 1.82) is 0 Å². The molecule has 2 N–H and O–H groups in total. The van der Waals surface area contributed by atoms with Crippen LogP contribution in [0.15, 0.2) is 48.5 Å². The van der Waals surface area contributed by atoms with Crippen molar-refractivity contribution in [3.8, 4) is 0 Å². The van der Waals surface area contributed by atoms with Crippen molar-refractivity contribution < 1.29 is 14.6 Å². The van der Waals surface area contributed by atoms with Gasteiger partial charge in [0, 0.05) is 41.5 Å². The minimum absolute atomic E-state index is 0.106. The number of aliphatic hydroxyl groups excluding tert-OH is 1. The number of hydrogen-bond donors (Lipinski definition) is 2. The van der Waals surface area contributed by atoms with Crippen molar-refractivity contribution >= 4 is 27.8 Å². The number of benzene rings is 2. The number of fused-ring (bicyclic) bond motifs is 3. The van der Waals surface area contributed by atoms with Crippen molar-refractivity contribution in [1.82, 2.24) is 14.8 Å². The van der Waals surface area contributed by atoms with E-state index in [-0.39, 0.29) is 18.6 Å². The molecule has 1 saturated carbocycles. The number of hydrogen-bond acceptors (Lipinski definition) is 3. The summed E-state index contributed by atoms with van der Waals surface area (Å²) in [5.41, 5.74) is 2.19. The summed E-state index contributed by atoms with van der Waals surface area (Å²) < 4.78 is 7.36. The summed E-state index contributed by atoms with van der Waals surface area (Å²) in [5.74, 6) is 0. The van der Waals surface area contributed by atoms with E-state index >= 15 is 0 Å². The maximum atomic E-state index is 12.9. The van der Waals surface area contributed by atoms with Crippen LogP contribution >= 0.6 is 0 Å². The number of para-hydroxylation sites is 2. The number of urea groups is 1. The van der Waals surface area contributed by atoms with Gasteiger partial charge < -0.3 is 24.6 Å². The van der Waals surface area contributed by atoms with E-state index in [0.29, 0.717) is 19.7 Å². The summed E-state index contributed by atoms with van der Waals surface area (Å²) in [6, 6.07) is 16.6. The van der Waals surface area contributed by atoms with Gasteiger partial charge in [0.25, 0.3) is 0 Å². The fourth-order valence-corrected chi connectivity index (χ4v) is 4.71. The molecule has 3 aromatic rings. The number of carbonyl (C=O) groups excluding carboxylic acids is 1. The van der Waals surface area contributed by atoms with E-state index in [0.717, 1.165) is 23.9 Å². The van der Waals surface area contributed by atoms with E-state index < -0.39 is 6.10 Å². The second-order valence-corrected chi connectivity index (χ2v) is 8.52. The van der Waals surface area contributed by atoms with Crippen LogP contribution in [-0.2, 0) is 11.3 Å². The van der Waals surface area contributed by atoms with Crippen LogP contribution in [0.4, 0.5) is 4.79 Å². The highest BCUT2D eigenvalue weighted by atomic mass is 16.5. The number of methoxy groups -OCH3 is 1. The molecule has 1 aromatic heterocycles. The highest BCUT2D eigenvalue weighted by molar-refractivity contribution is 6.07. The van der Waals surface area contributed by atoms with Crippen LogP contribution in [0.2, 0.25) is 0 Å². The Morgan fingerprint density at radius 2 is 1.71 bits per heavy atom. The number of aliphatic hydroxyl groups is 1. The molecule has 1 aliphatic rings. The third-order valence-corrected chi connectivity index (χ3v) is 6.29. The van der Waals surface area contributed by atoms with Crippen LogP contribution in [0, 0.1) is 0 Å². The lowest BCUT2D eigenvalue weighted by atomic mass is 9.96. The average molecular weight is 424 g/mol. The zero-order valence-corrected chi connectivity index (χ0v) is 18.3. The van der Waals surface area contributed by atoms with Gasteiger partial charge in [0.05, 0.1) is 25.8 Å². The highest BCUT2D eigenvalue weighted by Crippen LogP contribution is 2.29. The first-order valence-electron chi connectivity index (χ1n) is 11.4. The van der Waals surface area contributed by atoms with Crippen LogP contribution in [0.1, 0.15) is 32.1 Å². The quantitative estimate of drug-likeness (QED) is 0.572. The van der Waals surface area contributed by atoms with Gasteiger partial charge in [-0.25, -0.2) is 4.79 Å². The fourth-order valence-electron chi connectivity index (χ4n) is 4.71. The van der Waals surface area contributed by atoms with Crippen LogP contribution in [0.25, 0.3) is 21.8 Å². The standard InChI is InChI=1S/C25H33N3O3/c1-31-16-15-27(25(30)26-19-9-3-2-4-10-19)17-20(29)18-28-23-13-7-5-11-21(23)22-12-6-8-14-24(22)28/h5-8,11-14,19-20,29H,2-4,9-10,15-18H2,1H3,(H,26,30)/t20-/m0/s1. The zero-order valence-electron chi connectivity index (χ0n) is 18.3. The first-order valence-corrected chi connectivity index (χ1v) is 11.4. The van der Waals surface area contributed by atoms with E-state index in [9.17, 15) is 9.90 Å². The molecule has 6 nitrogen and oxygen atoms in total. The number of carbonyl (C=O) groups is 1. The molecule has 0 radical (unpaired) electrons. The molecule has 0 spiro atoms. The molecule has 1 fully saturated rings. The number of amides is 2. The largest absolute Gasteiger partial charge is 0.389 e. The van der Waals surface area contributed by atoms with Gasteiger partial charge in [-0.2, -0.15) is 0 Å². The molecule has 1 heterocycles. The minimum atomic E-state index is -0.687. The second kappa shape index (κ2) is 10.2. The average Bonchev–Trinajstić information content (AvgIpc) is 3.11. The predicted octanol–water partition coefficient (Wildman–Crippen LogP) is 4.15. The molecule has 166 valence electrons. The van der Waals surface area contributed by atoms with Gasteiger partial charge in [0.1, 0.15) is 0 Å². The normalized spacial score (nSPS) is 15.9. The van der Waals surface area contributed by atoms with Crippen LogP contribution in [0.3, 0.4) is 0 Å². The maximum Gasteiger partial charge on any atom is 0.317 e. The SMILES string of the molecule is COCCN(C[C@H](O)Cn1c2ccccc2c2ccccc21)C(=O)NC1CCCCC1. The van der Waals surface area contributed by atoms with E-state index in [4.69, 9.17) is 4.74 Å². The minimum Gasteiger partial charge on any atom is -0.389 e. The lowest BCUT2D eigenvalue weighted by Gasteiger charge is -2.30. The van der Waals surface area contributed by atoms with Gasteiger partial charge in [0.2, 0.25) is 0 Å². The Morgan fingerprint density at radius 1 is 1.10 bits per heavy atom. The van der Waals surface area contributed by atoms with Crippen LogP contribution in [0.5, 0.6) is 0 Å². The van der Waals surface area contributed by atoms with Gasteiger partial charge in [-0.05, 0) is 25.0 Å². The second-order valence-electron chi connectivity index (χ2n) is 8.52. The van der Waals surface area contributed by atoms with E-state index in [1.807, 2.05) is 24.3 Å². The van der Waals surface area contributed by atoms with E-state index in [1.165, 1.54) is 30.0 Å². The Balaban J connectivity index is 1.49. The Kier molecular flexibility index (Phi) is 7.10. The summed E-state index contributed by atoms with van der Waals surface area (Å²) >= 11 is 0. The molecule has 2 aromatic carbocycles. The number of nitrogens with zero attached hydrogens (tertiary/aromatic N) is 2. The zero-order chi connectivity index (χ0) is 21.6. The molecule has 31 heavy (non-hydrogen) atoms. The van der Waals surface area contributed by atoms with Crippen molar-refractivity contribution in [3.63, 3.8) is 0 Å². The Hall–Kier alpha value is -2.57. The molecule has 2 amide bonds. The Bertz CT molecular complexity index is 956. The van der Waals surface area contributed by atoms with Gasteiger partial charge >= 0.3 is 6.03 Å². The summed E-state index contributed by atoms with van der Waals surface area (Å²) in [6.45, 7) is 1.59. The van der Waals surface area contributed by atoms with E-state index in [1.54, 1.807) is 12.0 Å². The maximum absolute atomic E-state index is 12.9. The van der Waals surface area contributed by atoms with Crippen molar-refractivity contribution in [2.75, 3.05) is 26.8 Å². The topological polar surface area (TPSA) is 66.7 Å². The molecule has 0 aliphatic heterocycles. The van der Waals surface area contributed by atoms with Crippen LogP contribution < -0.4 is 5.32 Å². The van der Waals surface area contributed by atoms with Crippen molar-refractivity contribution in [3.05, 3.63) is 48.5 Å². The lowest BCUT2D eigenvalue weighted by Crippen LogP contribution is -2.49. The van der Waals surface area contributed by atoms with Gasteiger partial charge in [0.15, 0.2) is 0 Å². The molecular formula is C25H33N3O3. The van der Waals surface area contributed by atoms with Crippen molar-refractivity contribution in [2.45, 2.75) is 50.8 Å². The number of ether oxygens (including phenoxy) is 1. The summed E-state index contributed by atoms with van der Waals surface area (Å²) in [4.78, 5) is 14.6. The number of nitrogens with one attached hydrogen (secondary N) is 1. The van der Waals surface area contributed by atoms with Gasteiger partial charge in [-0.3, -0.25) is 0 Å². The molecule has 1 atom stereocenters. The Labute approximate surface area is 183 Å². The molecule has 6 heteroatoms. The van der Waals surface area contributed by atoms with Crippen molar-refractivity contribution in [2.24, 2.45) is 0 Å². The number of aromatic nitrogens is 1. The summed E-state index contributed by atoms with van der Waals surface area (Å²) in [6.07, 6.45) is 4.96. The summed E-state index contributed by atoms with van der Waals surface area (Å²) in [5, 5.41) is 16.5. The fraction of sp³-hybridized carbons (Fsp3) is 0.480.